The zero-order chi connectivity index (χ0) is 18.6. The third kappa shape index (κ3) is 4.26. The summed E-state index contributed by atoms with van der Waals surface area (Å²) in [5.74, 6) is 2.65. The molecule has 4 rings (SSSR count). The lowest BCUT2D eigenvalue weighted by Gasteiger charge is -2.33. The second kappa shape index (κ2) is 8.02. The van der Waals surface area contributed by atoms with E-state index in [1.807, 2.05) is 12.1 Å². The van der Waals surface area contributed by atoms with Crippen LogP contribution < -0.4 is 10.2 Å². The molecule has 0 unspecified atom stereocenters. The van der Waals surface area contributed by atoms with Gasteiger partial charge in [0.05, 0.1) is 0 Å². The molecule has 1 N–H and O–H groups in total. The van der Waals surface area contributed by atoms with Crippen molar-refractivity contribution in [2.45, 2.75) is 51.5 Å². The number of anilines is 1. The number of amides is 1. The fraction of sp³-hybridized carbons (Fsp3) is 0.632. The van der Waals surface area contributed by atoms with Crippen molar-refractivity contribution in [1.82, 2.24) is 30.3 Å². The van der Waals surface area contributed by atoms with Crippen LogP contribution in [0.1, 0.15) is 45.4 Å². The second-order valence-corrected chi connectivity index (χ2v) is 7.82. The van der Waals surface area contributed by atoms with Gasteiger partial charge >= 0.3 is 0 Å². The SMILES string of the molecule is CC1CCC(NC(=O)C2CCN(c3ccc(-n4cncn4)nn3)CC2)CC1. The van der Waals surface area contributed by atoms with Crippen LogP contribution in [0.25, 0.3) is 5.82 Å². The van der Waals surface area contributed by atoms with Crippen molar-refractivity contribution in [2.75, 3.05) is 18.0 Å². The molecule has 0 atom stereocenters. The molecule has 2 aromatic rings. The first kappa shape index (κ1) is 17.9. The summed E-state index contributed by atoms with van der Waals surface area (Å²) in [4.78, 5) is 18.7. The summed E-state index contributed by atoms with van der Waals surface area (Å²) in [5, 5.41) is 15.9. The van der Waals surface area contributed by atoms with Crippen molar-refractivity contribution in [3.63, 3.8) is 0 Å². The largest absolute Gasteiger partial charge is 0.355 e. The van der Waals surface area contributed by atoms with Gasteiger partial charge in [-0.1, -0.05) is 6.92 Å². The highest BCUT2D eigenvalue weighted by Gasteiger charge is 2.28. The van der Waals surface area contributed by atoms with E-state index in [9.17, 15) is 4.79 Å². The number of aromatic nitrogens is 5. The predicted octanol–water partition coefficient (Wildman–Crippen LogP) is 1.97. The Labute approximate surface area is 159 Å². The number of carbonyl (C=O) groups is 1. The van der Waals surface area contributed by atoms with E-state index in [0.717, 1.165) is 50.5 Å². The summed E-state index contributed by atoms with van der Waals surface area (Å²) in [7, 11) is 0. The van der Waals surface area contributed by atoms with E-state index in [4.69, 9.17) is 0 Å². The maximum atomic E-state index is 12.6. The minimum atomic E-state index is 0.114. The van der Waals surface area contributed by atoms with Crippen LogP contribution in [0.4, 0.5) is 5.82 Å². The average Bonchev–Trinajstić information content (AvgIpc) is 3.25. The molecule has 0 radical (unpaired) electrons. The number of hydrogen-bond acceptors (Lipinski definition) is 6. The molecule has 144 valence electrons. The number of carbonyl (C=O) groups excluding carboxylic acids is 1. The van der Waals surface area contributed by atoms with Crippen LogP contribution in [0, 0.1) is 11.8 Å². The lowest BCUT2D eigenvalue weighted by atomic mass is 9.86. The third-order valence-electron chi connectivity index (χ3n) is 5.84. The Kier molecular flexibility index (Phi) is 5.31. The number of rotatable bonds is 4. The summed E-state index contributed by atoms with van der Waals surface area (Å²) >= 11 is 0. The monoisotopic (exact) mass is 369 g/mol. The molecular formula is C19H27N7O. The first-order chi connectivity index (χ1) is 13.2. The third-order valence-corrected chi connectivity index (χ3v) is 5.84. The molecule has 3 heterocycles. The number of nitrogens with zero attached hydrogens (tertiary/aromatic N) is 6. The first-order valence-corrected chi connectivity index (χ1v) is 9.93. The molecule has 0 spiro atoms. The van der Waals surface area contributed by atoms with Gasteiger partial charge in [-0.05, 0) is 56.6 Å². The highest BCUT2D eigenvalue weighted by atomic mass is 16.1. The summed E-state index contributed by atoms with van der Waals surface area (Å²) in [5.41, 5.74) is 0. The van der Waals surface area contributed by atoms with Crippen LogP contribution in [0.15, 0.2) is 24.8 Å². The first-order valence-electron chi connectivity index (χ1n) is 9.93. The maximum absolute atomic E-state index is 12.6. The summed E-state index contributed by atoms with van der Waals surface area (Å²) in [6.07, 6.45) is 9.50. The Morgan fingerprint density at radius 1 is 1.04 bits per heavy atom. The Morgan fingerprint density at radius 2 is 1.74 bits per heavy atom. The minimum absolute atomic E-state index is 0.114. The average molecular weight is 369 g/mol. The molecule has 1 amide bonds. The molecule has 8 heteroatoms. The molecule has 1 aliphatic heterocycles. The summed E-state index contributed by atoms with van der Waals surface area (Å²) in [6.45, 7) is 3.96. The van der Waals surface area contributed by atoms with Crippen LogP contribution in [0.3, 0.4) is 0 Å². The molecule has 0 aromatic carbocycles. The van der Waals surface area contributed by atoms with Gasteiger partial charge in [-0.2, -0.15) is 5.10 Å². The van der Waals surface area contributed by atoms with Crippen molar-refractivity contribution in [1.29, 1.82) is 0 Å². The topological polar surface area (TPSA) is 88.8 Å². The standard InChI is InChI=1S/C19H27N7O/c1-14-2-4-16(5-3-14)22-19(27)15-8-10-25(11-9-15)17-6-7-18(24-23-17)26-13-20-12-21-26/h6-7,12-16H,2-5,8-11H2,1H3,(H,22,27). The molecule has 2 aromatic heterocycles. The molecule has 2 aliphatic rings. The molecule has 1 saturated heterocycles. The maximum Gasteiger partial charge on any atom is 0.223 e. The van der Waals surface area contributed by atoms with Gasteiger partial charge in [-0.3, -0.25) is 4.79 Å². The number of hydrogen-bond donors (Lipinski definition) is 1. The fourth-order valence-electron chi connectivity index (χ4n) is 4.03. The zero-order valence-electron chi connectivity index (χ0n) is 15.8. The zero-order valence-corrected chi connectivity index (χ0v) is 15.8. The van der Waals surface area contributed by atoms with Gasteiger partial charge < -0.3 is 10.2 Å². The van der Waals surface area contributed by atoms with Gasteiger partial charge in [0.15, 0.2) is 11.6 Å². The molecule has 27 heavy (non-hydrogen) atoms. The van der Waals surface area contributed by atoms with E-state index in [1.165, 1.54) is 19.2 Å². The van der Waals surface area contributed by atoms with Crippen LogP contribution in [-0.2, 0) is 4.79 Å². The van der Waals surface area contributed by atoms with Gasteiger partial charge in [0.2, 0.25) is 5.91 Å². The smallest absolute Gasteiger partial charge is 0.223 e. The van der Waals surface area contributed by atoms with Gasteiger partial charge in [-0.15, -0.1) is 10.2 Å². The Morgan fingerprint density at radius 3 is 2.37 bits per heavy atom. The molecule has 8 nitrogen and oxygen atoms in total. The lowest BCUT2D eigenvalue weighted by Crippen LogP contribution is -2.45. The summed E-state index contributed by atoms with van der Waals surface area (Å²) in [6, 6.07) is 4.22. The Balaban J connectivity index is 1.28. The van der Waals surface area contributed by atoms with Crippen molar-refractivity contribution in [2.24, 2.45) is 11.8 Å². The highest BCUT2D eigenvalue weighted by molar-refractivity contribution is 5.79. The quantitative estimate of drug-likeness (QED) is 0.886. The Bertz CT molecular complexity index is 730. The number of nitrogens with one attached hydrogen (secondary N) is 1. The van der Waals surface area contributed by atoms with Crippen molar-refractivity contribution >= 4 is 11.7 Å². The van der Waals surface area contributed by atoms with Crippen LogP contribution in [0.2, 0.25) is 0 Å². The normalized spacial score (nSPS) is 24.0. The highest BCUT2D eigenvalue weighted by Crippen LogP contribution is 2.25. The Hall–Kier alpha value is -2.51. The van der Waals surface area contributed by atoms with Crippen molar-refractivity contribution < 1.29 is 4.79 Å². The van der Waals surface area contributed by atoms with Crippen molar-refractivity contribution in [3.8, 4) is 5.82 Å². The van der Waals surface area contributed by atoms with E-state index in [2.05, 4.69) is 37.4 Å². The van der Waals surface area contributed by atoms with Gasteiger partial charge in [0.1, 0.15) is 12.7 Å². The van der Waals surface area contributed by atoms with E-state index in [0.29, 0.717) is 11.9 Å². The minimum Gasteiger partial charge on any atom is -0.355 e. The summed E-state index contributed by atoms with van der Waals surface area (Å²) < 4.78 is 1.58. The van der Waals surface area contributed by atoms with E-state index >= 15 is 0 Å². The van der Waals surface area contributed by atoms with Gasteiger partial charge in [0, 0.05) is 25.0 Å². The van der Waals surface area contributed by atoms with Crippen LogP contribution in [0.5, 0.6) is 0 Å². The van der Waals surface area contributed by atoms with E-state index in [1.54, 1.807) is 11.0 Å². The lowest BCUT2D eigenvalue weighted by molar-refractivity contribution is -0.126. The molecule has 2 fully saturated rings. The van der Waals surface area contributed by atoms with Gasteiger partial charge in [0.25, 0.3) is 0 Å². The van der Waals surface area contributed by atoms with E-state index in [-0.39, 0.29) is 11.8 Å². The molecule has 0 bridgehead atoms. The molecule has 1 aliphatic carbocycles. The fourth-order valence-corrected chi connectivity index (χ4v) is 4.03. The molecular weight excluding hydrogens is 342 g/mol. The predicted molar refractivity (Wildman–Crippen MR) is 101 cm³/mol. The molecule has 1 saturated carbocycles. The second-order valence-electron chi connectivity index (χ2n) is 7.82. The van der Waals surface area contributed by atoms with Crippen LogP contribution in [-0.4, -0.2) is 50.0 Å². The van der Waals surface area contributed by atoms with E-state index < -0.39 is 0 Å². The van der Waals surface area contributed by atoms with Crippen LogP contribution >= 0.6 is 0 Å². The number of piperidine rings is 1. The van der Waals surface area contributed by atoms with Gasteiger partial charge in [-0.25, -0.2) is 9.67 Å². The van der Waals surface area contributed by atoms with Crippen molar-refractivity contribution in [3.05, 3.63) is 24.8 Å².